The summed E-state index contributed by atoms with van der Waals surface area (Å²) < 4.78 is 33.8. The molecule has 0 aromatic heterocycles. The van der Waals surface area contributed by atoms with E-state index in [0.717, 1.165) is 31.4 Å². The molecule has 1 heterocycles. The van der Waals surface area contributed by atoms with Crippen LogP contribution >= 0.6 is 0 Å². The van der Waals surface area contributed by atoms with Crippen LogP contribution in [0.1, 0.15) is 46.0 Å². The summed E-state index contributed by atoms with van der Waals surface area (Å²) in [5.74, 6) is 0.702. The zero-order chi connectivity index (χ0) is 15.8. The van der Waals surface area contributed by atoms with Crippen LogP contribution in [-0.2, 0) is 10.0 Å². The van der Waals surface area contributed by atoms with E-state index in [1.165, 1.54) is 6.42 Å². The van der Waals surface area contributed by atoms with Crippen LogP contribution in [0, 0.1) is 0 Å². The Balaban J connectivity index is 1.79. The van der Waals surface area contributed by atoms with Crippen LogP contribution in [0.3, 0.4) is 0 Å². The van der Waals surface area contributed by atoms with Gasteiger partial charge in [0.1, 0.15) is 11.4 Å². The molecule has 0 atom stereocenters. The molecule has 6 heteroatoms. The van der Waals surface area contributed by atoms with Gasteiger partial charge >= 0.3 is 0 Å². The second-order valence-corrected chi connectivity index (χ2v) is 8.54. The number of anilines is 1. The van der Waals surface area contributed by atoms with Gasteiger partial charge in [0.25, 0.3) is 0 Å². The molecule has 1 aliphatic heterocycles. The molecule has 5 nitrogen and oxygen atoms in total. The van der Waals surface area contributed by atoms with Gasteiger partial charge in [-0.3, -0.25) is 0 Å². The molecule has 2 N–H and O–H groups in total. The third-order valence-corrected chi connectivity index (χ3v) is 5.80. The van der Waals surface area contributed by atoms with Crippen molar-refractivity contribution in [2.45, 2.75) is 62.5 Å². The molecule has 0 bridgehead atoms. The molecule has 1 saturated carbocycles. The second-order valence-electron chi connectivity index (χ2n) is 6.83. The first-order valence-corrected chi connectivity index (χ1v) is 9.43. The lowest BCUT2D eigenvalue weighted by Crippen LogP contribution is -2.40. The number of ether oxygens (including phenoxy) is 1. The molecule has 3 rings (SSSR count). The molecule has 1 aromatic rings. The van der Waals surface area contributed by atoms with Crippen molar-refractivity contribution in [3.05, 3.63) is 18.2 Å². The lowest BCUT2D eigenvalue weighted by molar-refractivity contribution is 0.116. The monoisotopic (exact) mass is 324 g/mol. The number of sulfonamides is 1. The standard InChI is InChI=1S/C16H24N2O3S/c1-16(2)11-17-14-10-13(8-9-15(14)21-16)22(19,20)18-12-6-4-3-5-7-12/h8-10,12,17-18H,3-7,11H2,1-2H3. The Bertz CT molecular complexity index is 649. The van der Waals surface area contributed by atoms with Crippen molar-refractivity contribution in [2.24, 2.45) is 0 Å². The highest BCUT2D eigenvalue weighted by atomic mass is 32.2. The number of benzene rings is 1. The van der Waals surface area contributed by atoms with E-state index in [0.29, 0.717) is 17.2 Å². The smallest absolute Gasteiger partial charge is 0.240 e. The zero-order valence-electron chi connectivity index (χ0n) is 13.2. The first-order valence-electron chi connectivity index (χ1n) is 7.95. The fourth-order valence-electron chi connectivity index (χ4n) is 3.05. The molecule has 22 heavy (non-hydrogen) atoms. The Morgan fingerprint density at radius 3 is 2.68 bits per heavy atom. The molecule has 0 spiro atoms. The van der Waals surface area contributed by atoms with Crippen LogP contribution < -0.4 is 14.8 Å². The van der Waals surface area contributed by atoms with E-state index >= 15 is 0 Å². The normalized spacial score (nSPS) is 21.5. The molecular formula is C16H24N2O3S. The number of hydrogen-bond acceptors (Lipinski definition) is 4. The van der Waals surface area contributed by atoms with Crippen LogP contribution in [0.25, 0.3) is 0 Å². The van der Waals surface area contributed by atoms with E-state index in [-0.39, 0.29) is 11.6 Å². The van der Waals surface area contributed by atoms with E-state index in [1.54, 1.807) is 18.2 Å². The van der Waals surface area contributed by atoms with E-state index in [4.69, 9.17) is 4.74 Å². The summed E-state index contributed by atoms with van der Waals surface area (Å²) in [5.41, 5.74) is 0.458. The quantitative estimate of drug-likeness (QED) is 0.897. The van der Waals surface area contributed by atoms with Crippen LogP contribution in [0.4, 0.5) is 5.69 Å². The van der Waals surface area contributed by atoms with Crippen molar-refractivity contribution >= 4 is 15.7 Å². The van der Waals surface area contributed by atoms with Crippen molar-refractivity contribution in [2.75, 3.05) is 11.9 Å². The molecule has 0 unspecified atom stereocenters. The van der Waals surface area contributed by atoms with Crippen LogP contribution in [0.2, 0.25) is 0 Å². The Kier molecular flexibility index (Phi) is 4.07. The van der Waals surface area contributed by atoms with Gasteiger partial charge in [0.05, 0.1) is 17.1 Å². The minimum absolute atomic E-state index is 0.0675. The Morgan fingerprint density at radius 1 is 1.23 bits per heavy atom. The van der Waals surface area contributed by atoms with Gasteiger partial charge in [-0.25, -0.2) is 13.1 Å². The minimum Gasteiger partial charge on any atom is -0.484 e. The Labute approximate surface area is 132 Å². The van der Waals surface area contributed by atoms with Gasteiger partial charge in [-0.05, 0) is 44.9 Å². The summed E-state index contributed by atoms with van der Waals surface area (Å²) in [6, 6.07) is 5.08. The van der Waals surface area contributed by atoms with Gasteiger partial charge in [0.15, 0.2) is 0 Å². The number of fused-ring (bicyclic) bond motifs is 1. The maximum Gasteiger partial charge on any atom is 0.240 e. The average Bonchev–Trinajstić information content (AvgIpc) is 2.46. The van der Waals surface area contributed by atoms with Gasteiger partial charge in [-0.2, -0.15) is 0 Å². The largest absolute Gasteiger partial charge is 0.484 e. The predicted molar refractivity (Wildman–Crippen MR) is 86.8 cm³/mol. The van der Waals surface area contributed by atoms with Crippen molar-refractivity contribution in [1.29, 1.82) is 0 Å². The number of rotatable bonds is 3. The third kappa shape index (κ3) is 3.38. The summed E-state index contributed by atoms with van der Waals surface area (Å²) in [4.78, 5) is 0.299. The van der Waals surface area contributed by atoms with Crippen molar-refractivity contribution in [1.82, 2.24) is 4.72 Å². The van der Waals surface area contributed by atoms with Crippen LogP contribution in [0.5, 0.6) is 5.75 Å². The molecule has 2 aliphatic rings. The van der Waals surface area contributed by atoms with Gasteiger partial charge in [0, 0.05) is 6.04 Å². The molecule has 0 amide bonds. The highest BCUT2D eigenvalue weighted by Gasteiger charge is 2.28. The van der Waals surface area contributed by atoms with Gasteiger partial charge in [-0.1, -0.05) is 19.3 Å². The predicted octanol–water partition coefficient (Wildman–Crippen LogP) is 2.88. The summed E-state index contributed by atoms with van der Waals surface area (Å²) >= 11 is 0. The van der Waals surface area contributed by atoms with E-state index in [1.807, 2.05) is 13.8 Å². The maximum absolute atomic E-state index is 12.5. The fourth-order valence-corrected chi connectivity index (χ4v) is 4.38. The topological polar surface area (TPSA) is 67.4 Å². The molecule has 0 saturated heterocycles. The van der Waals surface area contributed by atoms with Crippen molar-refractivity contribution in [3.63, 3.8) is 0 Å². The van der Waals surface area contributed by atoms with Gasteiger partial charge in [0.2, 0.25) is 10.0 Å². The molecular weight excluding hydrogens is 300 g/mol. The molecule has 1 fully saturated rings. The zero-order valence-corrected chi connectivity index (χ0v) is 14.0. The number of hydrogen-bond donors (Lipinski definition) is 2. The first kappa shape index (κ1) is 15.6. The lowest BCUT2D eigenvalue weighted by Gasteiger charge is -2.33. The summed E-state index contributed by atoms with van der Waals surface area (Å²) in [6.07, 6.45) is 5.26. The maximum atomic E-state index is 12.5. The number of nitrogens with one attached hydrogen (secondary N) is 2. The van der Waals surface area contributed by atoms with E-state index in [9.17, 15) is 8.42 Å². The fraction of sp³-hybridized carbons (Fsp3) is 0.625. The SMILES string of the molecule is CC1(C)CNc2cc(S(=O)(=O)NC3CCCCC3)ccc2O1. The first-order chi connectivity index (χ1) is 10.4. The molecule has 1 aromatic carbocycles. The molecule has 0 radical (unpaired) electrons. The van der Waals surface area contributed by atoms with Crippen molar-refractivity contribution < 1.29 is 13.2 Å². The summed E-state index contributed by atoms with van der Waals surface area (Å²) in [5, 5.41) is 3.25. The minimum atomic E-state index is -3.47. The molecule has 122 valence electrons. The average molecular weight is 324 g/mol. The van der Waals surface area contributed by atoms with E-state index < -0.39 is 10.0 Å². The highest BCUT2D eigenvalue weighted by Crippen LogP contribution is 2.34. The van der Waals surface area contributed by atoms with Crippen LogP contribution in [-0.4, -0.2) is 26.6 Å². The lowest BCUT2D eigenvalue weighted by atomic mass is 9.96. The second kappa shape index (κ2) is 5.74. The third-order valence-electron chi connectivity index (χ3n) is 4.28. The highest BCUT2D eigenvalue weighted by molar-refractivity contribution is 7.89. The van der Waals surface area contributed by atoms with Crippen LogP contribution in [0.15, 0.2) is 23.1 Å². The Morgan fingerprint density at radius 2 is 1.95 bits per heavy atom. The van der Waals surface area contributed by atoms with E-state index in [2.05, 4.69) is 10.0 Å². The summed E-state index contributed by atoms with van der Waals surface area (Å²) in [7, 11) is -3.47. The summed E-state index contributed by atoms with van der Waals surface area (Å²) in [6.45, 7) is 4.65. The van der Waals surface area contributed by atoms with Gasteiger partial charge in [-0.15, -0.1) is 0 Å². The molecule has 1 aliphatic carbocycles. The van der Waals surface area contributed by atoms with Crippen molar-refractivity contribution in [3.8, 4) is 5.75 Å². The Hall–Kier alpha value is -1.27. The van der Waals surface area contributed by atoms with Gasteiger partial charge < -0.3 is 10.1 Å².